The van der Waals surface area contributed by atoms with Gasteiger partial charge in [0.1, 0.15) is 0 Å². The van der Waals surface area contributed by atoms with Crippen LogP contribution in [0.15, 0.2) is 0 Å². The Bertz CT molecular complexity index is 243. The van der Waals surface area contributed by atoms with E-state index < -0.39 is 24.6 Å². The Labute approximate surface area is 95.0 Å². The summed E-state index contributed by atoms with van der Waals surface area (Å²) < 4.78 is 0. The monoisotopic (exact) mass is 232 g/mol. The molecule has 6 heteroatoms. The number of aliphatic hydroxyl groups is 1. The Morgan fingerprint density at radius 2 is 1.81 bits per heavy atom. The van der Waals surface area contributed by atoms with Crippen molar-refractivity contribution in [3.63, 3.8) is 0 Å². The molecule has 0 fully saturated rings. The van der Waals surface area contributed by atoms with Crippen molar-refractivity contribution in [2.24, 2.45) is 5.92 Å². The molecule has 0 radical (unpaired) electrons. The Morgan fingerprint density at radius 1 is 1.25 bits per heavy atom. The predicted octanol–water partition coefficient (Wildman–Crippen LogP) is 0.166. The standard InChI is InChI=1S/C10H20N2O4/c1-4-7(6(2)3)11-10(16)12-8(5-13)9(14)15/h6-8,13H,4-5H2,1-3H3,(H,14,15)(H2,11,12,16)/t7?,8-/m0/s1. The van der Waals surface area contributed by atoms with E-state index in [0.717, 1.165) is 6.42 Å². The number of aliphatic hydroxyl groups excluding tert-OH is 1. The molecule has 0 aliphatic rings. The van der Waals surface area contributed by atoms with E-state index in [9.17, 15) is 9.59 Å². The van der Waals surface area contributed by atoms with Gasteiger partial charge in [-0.15, -0.1) is 0 Å². The van der Waals surface area contributed by atoms with Gasteiger partial charge in [0, 0.05) is 6.04 Å². The second kappa shape index (κ2) is 7.05. The summed E-state index contributed by atoms with van der Waals surface area (Å²) in [6, 6.07) is -1.83. The Kier molecular flexibility index (Phi) is 6.48. The average Bonchev–Trinajstić information content (AvgIpc) is 2.21. The molecule has 0 aromatic carbocycles. The Balaban J connectivity index is 4.20. The number of urea groups is 1. The molecular formula is C10H20N2O4. The summed E-state index contributed by atoms with van der Waals surface area (Å²) in [4.78, 5) is 21.9. The summed E-state index contributed by atoms with van der Waals surface area (Å²) in [5.74, 6) is -0.983. The molecule has 94 valence electrons. The van der Waals surface area contributed by atoms with E-state index in [1.54, 1.807) is 0 Å². The van der Waals surface area contributed by atoms with Gasteiger partial charge in [-0.1, -0.05) is 20.8 Å². The summed E-state index contributed by atoms with van der Waals surface area (Å²) in [7, 11) is 0. The molecule has 0 heterocycles. The van der Waals surface area contributed by atoms with Crippen LogP contribution in [-0.2, 0) is 4.79 Å². The summed E-state index contributed by atoms with van der Waals surface area (Å²) in [5, 5.41) is 22.2. The minimum Gasteiger partial charge on any atom is -0.480 e. The van der Waals surface area contributed by atoms with Gasteiger partial charge in [0.25, 0.3) is 0 Å². The van der Waals surface area contributed by atoms with Crippen molar-refractivity contribution in [3.8, 4) is 0 Å². The third-order valence-electron chi connectivity index (χ3n) is 2.35. The largest absolute Gasteiger partial charge is 0.480 e. The van der Waals surface area contributed by atoms with Crippen molar-refractivity contribution in [1.82, 2.24) is 10.6 Å². The lowest BCUT2D eigenvalue weighted by Gasteiger charge is -2.22. The van der Waals surface area contributed by atoms with E-state index in [1.807, 2.05) is 20.8 Å². The zero-order valence-corrected chi connectivity index (χ0v) is 9.86. The van der Waals surface area contributed by atoms with Crippen molar-refractivity contribution in [2.75, 3.05) is 6.61 Å². The lowest BCUT2D eigenvalue weighted by atomic mass is 10.0. The number of carbonyl (C=O) groups is 2. The van der Waals surface area contributed by atoms with E-state index in [1.165, 1.54) is 0 Å². The number of aliphatic carboxylic acids is 1. The molecule has 0 saturated carbocycles. The van der Waals surface area contributed by atoms with Crippen LogP contribution in [0.2, 0.25) is 0 Å². The fraction of sp³-hybridized carbons (Fsp3) is 0.800. The second-order valence-corrected chi connectivity index (χ2v) is 3.95. The highest BCUT2D eigenvalue weighted by atomic mass is 16.4. The zero-order chi connectivity index (χ0) is 12.7. The van der Waals surface area contributed by atoms with Gasteiger partial charge in [-0.2, -0.15) is 0 Å². The third-order valence-corrected chi connectivity index (χ3v) is 2.35. The molecule has 0 aromatic rings. The van der Waals surface area contributed by atoms with Crippen molar-refractivity contribution in [3.05, 3.63) is 0 Å². The summed E-state index contributed by atoms with van der Waals surface area (Å²) >= 11 is 0. The number of rotatable bonds is 6. The number of carboxylic acids is 1. The average molecular weight is 232 g/mol. The predicted molar refractivity (Wildman–Crippen MR) is 59.1 cm³/mol. The molecule has 0 spiro atoms. The molecule has 0 aliphatic heterocycles. The molecule has 4 N–H and O–H groups in total. The van der Waals surface area contributed by atoms with Gasteiger partial charge < -0.3 is 20.8 Å². The van der Waals surface area contributed by atoms with Crippen LogP contribution in [0.3, 0.4) is 0 Å². The Hall–Kier alpha value is -1.30. The molecule has 2 amide bonds. The van der Waals surface area contributed by atoms with Crippen LogP contribution in [0.25, 0.3) is 0 Å². The molecule has 0 aliphatic carbocycles. The van der Waals surface area contributed by atoms with E-state index in [-0.39, 0.29) is 12.0 Å². The van der Waals surface area contributed by atoms with E-state index >= 15 is 0 Å². The number of carbonyl (C=O) groups excluding carboxylic acids is 1. The van der Waals surface area contributed by atoms with Crippen LogP contribution in [0, 0.1) is 5.92 Å². The highest BCUT2D eigenvalue weighted by molar-refractivity contribution is 5.82. The molecule has 6 nitrogen and oxygen atoms in total. The number of hydrogen-bond donors (Lipinski definition) is 4. The SMILES string of the molecule is CCC(NC(=O)N[C@@H](CO)C(=O)O)C(C)C. The maximum Gasteiger partial charge on any atom is 0.328 e. The van der Waals surface area contributed by atoms with Crippen molar-refractivity contribution in [1.29, 1.82) is 0 Å². The fourth-order valence-corrected chi connectivity index (χ4v) is 1.29. The molecule has 0 bridgehead atoms. The van der Waals surface area contributed by atoms with Crippen LogP contribution in [0.1, 0.15) is 27.2 Å². The first-order chi connectivity index (χ1) is 7.42. The summed E-state index contributed by atoms with van der Waals surface area (Å²) in [6.45, 7) is 5.25. The normalized spacial score (nSPS) is 14.3. The maximum absolute atomic E-state index is 11.4. The molecule has 2 atom stereocenters. The number of nitrogens with one attached hydrogen (secondary N) is 2. The van der Waals surface area contributed by atoms with Gasteiger partial charge >= 0.3 is 12.0 Å². The maximum atomic E-state index is 11.4. The first-order valence-corrected chi connectivity index (χ1v) is 5.33. The van der Waals surface area contributed by atoms with Crippen molar-refractivity contribution >= 4 is 12.0 Å². The molecule has 0 rings (SSSR count). The van der Waals surface area contributed by atoms with Crippen molar-refractivity contribution in [2.45, 2.75) is 39.3 Å². The topological polar surface area (TPSA) is 98.7 Å². The summed E-state index contributed by atoms with van der Waals surface area (Å²) in [6.07, 6.45) is 0.766. The molecule has 16 heavy (non-hydrogen) atoms. The first kappa shape index (κ1) is 14.7. The lowest BCUT2D eigenvalue weighted by Crippen LogP contribution is -2.51. The minimum absolute atomic E-state index is 0.00635. The van der Waals surface area contributed by atoms with Gasteiger partial charge in [-0.05, 0) is 12.3 Å². The van der Waals surface area contributed by atoms with Crippen LogP contribution in [-0.4, -0.2) is 40.9 Å². The van der Waals surface area contributed by atoms with E-state index in [0.29, 0.717) is 0 Å². The van der Waals surface area contributed by atoms with Gasteiger partial charge in [0.15, 0.2) is 6.04 Å². The Morgan fingerprint density at radius 3 is 2.12 bits per heavy atom. The minimum atomic E-state index is -1.26. The second-order valence-electron chi connectivity index (χ2n) is 3.95. The van der Waals surface area contributed by atoms with Gasteiger partial charge in [0.05, 0.1) is 6.61 Å². The van der Waals surface area contributed by atoms with E-state index in [4.69, 9.17) is 10.2 Å². The van der Waals surface area contributed by atoms with Gasteiger partial charge in [-0.25, -0.2) is 9.59 Å². The van der Waals surface area contributed by atoms with Crippen LogP contribution in [0.4, 0.5) is 4.79 Å². The van der Waals surface area contributed by atoms with Crippen molar-refractivity contribution < 1.29 is 19.8 Å². The van der Waals surface area contributed by atoms with Crippen LogP contribution >= 0.6 is 0 Å². The molecular weight excluding hydrogens is 212 g/mol. The lowest BCUT2D eigenvalue weighted by molar-refractivity contribution is -0.140. The highest BCUT2D eigenvalue weighted by Gasteiger charge is 2.20. The van der Waals surface area contributed by atoms with Crippen LogP contribution < -0.4 is 10.6 Å². The zero-order valence-electron chi connectivity index (χ0n) is 9.86. The smallest absolute Gasteiger partial charge is 0.328 e. The van der Waals surface area contributed by atoms with Crippen LogP contribution in [0.5, 0.6) is 0 Å². The number of carboxylic acid groups (broad SMARTS) is 1. The van der Waals surface area contributed by atoms with E-state index in [2.05, 4.69) is 10.6 Å². The quantitative estimate of drug-likeness (QED) is 0.524. The summed E-state index contributed by atoms with van der Waals surface area (Å²) in [5.41, 5.74) is 0. The number of hydrogen-bond acceptors (Lipinski definition) is 3. The molecule has 1 unspecified atom stereocenters. The number of amides is 2. The molecule has 0 aromatic heterocycles. The fourth-order valence-electron chi connectivity index (χ4n) is 1.29. The van der Waals surface area contributed by atoms with Gasteiger partial charge in [-0.3, -0.25) is 0 Å². The molecule has 0 saturated heterocycles. The third kappa shape index (κ3) is 4.97. The highest BCUT2D eigenvalue weighted by Crippen LogP contribution is 2.04. The first-order valence-electron chi connectivity index (χ1n) is 5.33. The van der Waals surface area contributed by atoms with Gasteiger partial charge in [0.2, 0.25) is 0 Å².